The number of nitrogens with zero attached hydrogens (tertiary/aromatic N) is 15. The van der Waals surface area contributed by atoms with Crippen molar-refractivity contribution in [3.8, 4) is 0 Å². The Kier molecular flexibility index (Phi) is 29.8. The minimum atomic E-state index is -1.05. The predicted octanol–water partition coefficient (Wildman–Crippen LogP) is 18.8. The number of benzene rings is 7. The van der Waals surface area contributed by atoms with E-state index in [1.165, 1.54) is 184 Å². The van der Waals surface area contributed by atoms with Crippen molar-refractivity contribution < 1.29 is 76.6 Å². The van der Waals surface area contributed by atoms with Crippen LogP contribution in [-0.4, -0.2) is 141 Å². The third-order valence-corrected chi connectivity index (χ3v) is 22.7. The number of halogens is 5. The number of pyridine rings is 5. The summed E-state index contributed by atoms with van der Waals surface area (Å²) in [4.78, 5) is 77.2. The number of aromatic nitrogens is 15. The van der Waals surface area contributed by atoms with Gasteiger partial charge in [0.1, 0.15) is 29.1 Å². The van der Waals surface area contributed by atoms with Crippen molar-refractivity contribution in [3.63, 3.8) is 0 Å². The fourth-order valence-corrected chi connectivity index (χ4v) is 16.3. The molecule has 0 bridgehead atoms. The molecule has 0 saturated heterocycles. The number of carboxylic acids is 5. The Morgan fingerprint density at radius 1 is 0.344 bits per heavy atom. The summed E-state index contributed by atoms with van der Waals surface area (Å²) in [7, 11) is 0. The summed E-state index contributed by atoms with van der Waals surface area (Å²) >= 11 is 0. The molecule has 0 unspecified atom stereocenters. The summed E-state index contributed by atoms with van der Waals surface area (Å²) < 4.78 is 78.1. The topological polar surface area (TPSA) is 360 Å². The van der Waals surface area contributed by atoms with Crippen LogP contribution in [0.5, 0.6) is 0 Å². The van der Waals surface area contributed by atoms with Crippen LogP contribution < -0.4 is 0 Å². The van der Waals surface area contributed by atoms with Gasteiger partial charge in [-0.25, -0.2) is 45.9 Å². The molecule has 1 aliphatic carbocycles. The average Bonchev–Trinajstić information content (AvgIpc) is 1.72. The fourth-order valence-electron chi connectivity index (χ4n) is 16.3. The number of aliphatic hydroxyl groups excluding tert-OH is 1. The molecule has 0 amide bonds. The van der Waals surface area contributed by atoms with Crippen LogP contribution in [-0.2, 0) is 64.8 Å². The molecule has 26 nitrogen and oxygen atoms in total. The van der Waals surface area contributed by atoms with Crippen molar-refractivity contribution in [3.05, 3.63) is 367 Å². The molecule has 0 radical (unpaired) electrons. The van der Waals surface area contributed by atoms with E-state index >= 15 is 0 Å². The third kappa shape index (κ3) is 22.8. The molecule has 0 atom stereocenters. The minimum Gasteiger partial charge on any atom is -0.478 e. The fraction of sp³-hybridized carbons (Fsp3) is 0.230. The zero-order chi connectivity index (χ0) is 92.4. The van der Waals surface area contributed by atoms with Crippen molar-refractivity contribution in [2.45, 2.75) is 137 Å². The molecule has 1 saturated carbocycles. The Morgan fingerprint density at radius 2 is 0.656 bits per heavy atom. The molecule has 7 aromatic carbocycles. The minimum absolute atomic E-state index is 0.0964. The lowest BCUT2D eigenvalue weighted by molar-refractivity contribution is 0.0684. The Bertz CT molecular complexity index is 7030. The standard InChI is InChI=1S/2C22H18FN3O2.C21H22FN3O2.C19H20FN3O2.C16H14FN3O3/c1-14-2-4-15(5-3-14)13-26-21-7-6-17(23)11-19(21)20(25-26)10-16-12-24-9-8-18(16)22(27)28;1-14-3-2-4-15(9-14)13-26-21-6-5-17(23)11-19(21)20(25-26)10-16-12-24-8-7-18(16)22(27)28;22-16-6-7-20-18(11-16)19(10-15-12-23-9-8-17(15)21(26)27)24-25(20)13-14-4-2-1-3-5-14;1-2-3-4-9-23-18-6-5-14(20)11-16(18)17(22-23)10-13-12-21-8-7-15(13)19(24)25;17-11-1-2-15-13(8-11)14(19-20(15)5-6-21)7-10-9-18-4-3-12(10)16(22)23/h2*2-9,11-12H,10,13H2,1H3,(H,27,28);6-9,11-12,14H,1-5,10,13H2,(H,26,27);5-8,11-12H,2-4,9-10H2,1H3,(H,24,25);1-4,8-9,21H,5-7H2,(H,22,23). The summed E-state index contributed by atoms with van der Waals surface area (Å²) in [6, 6.07) is 46.3. The Balaban J connectivity index is 0.000000132. The summed E-state index contributed by atoms with van der Waals surface area (Å²) in [6.45, 7) is 9.04. The Morgan fingerprint density at radius 3 is 0.985 bits per heavy atom. The number of fused-ring (bicyclic) bond motifs is 5. The van der Waals surface area contributed by atoms with Gasteiger partial charge in [0.15, 0.2) is 0 Å². The lowest BCUT2D eigenvalue weighted by atomic mass is 9.89. The number of aromatic carboxylic acids is 5. The van der Waals surface area contributed by atoms with Gasteiger partial charge in [-0.15, -0.1) is 0 Å². The lowest BCUT2D eigenvalue weighted by Gasteiger charge is -2.21. The van der Waals surface area contributed by atoms with Gasteiger partial charge in [0, 0.05) is 134 Å². The number of hydrogen-bond donors (Lipinski definition) is 6. The molecule has 10 aromatic heterocycles. The van der Waals surface area contributed by atoms with Crippen LogP contribution >= 0.6 is 0 Å². The monoisotopic (exact) mass is 1770 g/mol. The molecule has 31 heteroatoms. The highest BCUT2D eigenvalue weighted by Gasteiger charge is 2.25. The van der Waals surface area contributed by atoms with Gasteiger partial charge >= 0.3 is 29.8 Å². The second kappa shape index (κ2) is 42.5. The van der Waals surface area contributed by atoms with Crippen LogP contribution in [0, 0.1) is 48.9 Å². The Hall–Kier alpha value is -15.4. The summed E-state index contributed by atoms with van der Waals surface area (Å²) in [6.07, 6.45) is 25.6. The van der Waals surface area contributed by atoms with Gasteiger partial charge in [0.2, 0.25) is 0 Å². The summed E-state index contributed by atoms with van der Waals surface area (Å²) in [5.74, 6) is -6.25. The normalized spacial score (nSPS) is 11.9. The maximum atomic E-state index is 13.9. The molecule has 1 fully saturated rings. The first-order valence-electron chi connectivity index (χ1n) is 42.6. The molecule has 18 rings (SSSR count). The second-order valence-corrected chi connectivity index (χ2v) is 32.0. The van der Waals surface area contributed by atoms with Crippen molar-refractivity contribution in [2.75, 3.05) is 6.61 Å². The number of carboxylic acid groups (broad SMARTS) is 5. The molecule has 131 heavy (non-hydrogen) atoms. The van der Waals surface area contributed by atoms with Crippen molar-refractivity contribution >= 4 is 84.4 Å². The molecule has 17 aromatic rings. The molecule has 0 spiro atoms. The molecule has 10 heterocycles. The first-order chi connectivity index (χ1) is 63.3. The van der Waals surface area contributed by atoms with Gasteiger partial charge < -0.3 is 30.6 Å². The summed E-state index contributed by atoms with van der Waals surface area (Å²) in [5, 5.41) is 82.5. The number of aryl methyl sites for hydroxylation is 3. The number of carbonyl (C=O) groups is 5. The largest absolute Gasteiger partial charge is 0.478 e. The predicted molar refractivity (Wildman–Crippen MR) is 482 cm³/mol. The highest BCUT2D eigenvalue weighted by molar-refractivity contribution is 5.94. The SMILES string of the molecule is CCCCCn1nc(Cc2cnccc2C(=O)O)c2cc(F)ccc21.Cc1ccc(Cn2nc(Cc3cnccc3C(=O)O)c3cc(F)ccc32)cc1.Cc1cccc(Cn2nc(Cc3cnccc3C(=O)O)c3cc(F)ccc32)c1.O=C(O)c1ccncc1Cc1nn(CC2CCCCC2)c2ccc(F)cc12.O=C(O)c1ccncc1Cc1nn(CCO)c2ccc(F)cc12. The van der Waals surface area contributed by atoms with E-state index in [1.807, 2.05) is 75.0 Å². The van der Waals surface area contributed by atoms with E-state index in [9.17, 15) is 71.5 Å². The molecule has 0 aliphatic heterocycles. The van der Waals surface area contributed by atoms with E-state index in [-0.39, 0.29) is 83.5 Å². The summed E-state index contributed by atoms with van der Waals surface area (Å²) in [5.41, 5.74) is 15.3. The maximum absolute atomic E-state index is 13.9. The number of rotatable bonds is 27. The number of hydrogen-bond acceptors (Lipinski definition) is 16. The highest BCUT2D eigenvalue weighted by Crippen LogP contribution is 2.33. The van der Waals surface area contributed by atoms with Crippen LogP contribution in [0.25, 0.3) is 54.5 Å². The van der Waals surface area contributed by atoms with E-state index in [2.05, 4.69) is 58.3 Å². The Labute approximate surface area is 747 Å². The highest BCUT2D eigenvalue weighted by atomic mass is 19.1. The number of unbranched alkanes of at least 4 members (excludes halogenated alkanes) is 2. The lowest BCUT2D eigenvalue weighted by Crippen LogP contribution is -2.15. The number of aliphatic hydroxyl groups is 1. The van der Waals surface area contributed by atoms with Crippen LogP contribution in [0.1, 0.15) is 189 Å². The zero-order valence-electron chi connectivity index (χ0n) is 71.8. The van der Waals surface area contributed by atoms with Gasteiger partial charge in [-0.1, -0.05) is 98.7 Å². The average molecular weight is 1770 g/mol. The van der Waals surface area contributed by atoms with Gasteiger partial charge in [-0.05, 0) is 199 Å². The van der Waals surface area contributed by atoms with Crippen molar-refractivity contribution in [1.82, 2.24) is 73.8 Å². The van der Waals surface area contributed by atoms with E-state index in [4.69, 9.17) is 10.2 Å². The van der Waals surface area contributed by atoms with Gasteiger partial charge in [-0.3, -0.25) is 48.3 Å². The van der Waals surface area contributed by atoms with Gasteiger partial charge in [0.25, 0.3) is 0 Å². The van der Waals surface area contributed by atoms with Gasteiger partial charge in [0.05, 0.1) is 110 Å². The van der Waals surface area contributed by atoms with Crippen LogP contribution in [0.15, 0.2) is 232 Å². The van der Waals surface area contributed by atoms with Gasteiger partial charge in [-0.2, -0.15) is 25.5 Å². The molecule has 1 aliphatic rings. The van der Waals surface area contributed by atoms with E-state index < -0.39 is 35.7 Å². The van der Waals surface area contributed by atoms with E-state index in [0.29, 0.717) is 110 Å². The third-order valence-electron chi connectivity index (χ3n) is 22.7. The second-order valence-electron chi connectivity index (χ2n) is 32.0. The molecule has 668 valence electrons. The van der Waals surface area contributed by atoms with E-state index in [1.54, 1.807) is 41.2 Å². The van der Waals surface area contributed by atoms with Crippen molar-refractivity contribution in [1.29, 1.82) is 0 Å². The molecular formula is C100H92F5N15O11. The molecule has 6 N–H and O–H groups in total. The first kappa shape index (κ1) is 91.8. The van der Waals surface area contributed by atoms with Crippen molar-refractivity contribution in [2.24, 2.45) is 5.92 Å². The van der Waals surface area contributed by atoms with Crippen LogP contribution in [0.4, 0.5) is 22.0 Å². The van der Waals surface area contributed by atoms with E-state index in [0.717, 1.165) is 81.9 Å². The zero-order valence-corrected chi connectivity index (χ0v) is 71.8. The first-order valence-corrected chi connectivity index (χ1v) is 42.6. The maximum Gasteiger partial charge on any atom is 0.336 e. The quantitative estimate of drug-likeness (QED) is 0.0206. The van der Waals surface area contributed by atoms with Crippen LogP contribution in [0.3, 0.4) is 0 Å². The smallest absolute Gasteiger partial charge is 0.336 e. The molecular weight excluding hydrogens is 1680 g/mol. The van der Waals surface area contributed by atoms with Crippen LogP contribution in [0.2, 0.25) is 0 Å².